The zero-order valence-electron chi connectivity index (χ0n) is 13.8. The Hall–Kier alpha value is -2.50. The molecule has 0 aliphatic rings. The quantitative estimate of drug-likeness (QED) is 0.800. The summed E-state index contributed by atoms with van der Waals surface area (Å²) in [7, 11) is 1.86. The summed E-state index contributed by atoms with van der Waals surface area (Å²) >= 11 is 0. The fourth-order valence-corrected chi connectivity index (χ4v) is 2.44. The Morgan fingerprint density at radius 1 is 1.26 bits per heavy atom. The van der Waals surface area contributed by atoms with E-state index in [4.69, 9.17) is 0 Å². The highest BCUT2D eigenvalue weighted by Gasteiger charge is 2.13. The maximum absolute atomic E-state index is 13.4. The Morgan fingerprint density at radius 2 is 2.04 bits per heavy atom. The molecule has 5 nitrogen and oxygen atoms in total. The minimum atomic E-state index is -0.232. The van der Waals surface area contributed by atoms with Crippen LogP contribution in [0.1, 0.15) is 36.7 Å². The smallest absolute Gasteiger partial charge is 0.163 e. The summed E-state index contributed by atoms with van der Waals surface area (Å²) in [6.45, 7) is 6.58. The lowest BCUT2D eigenvalue weighted by Gasteiger charge is -2.12. The lowest BCUT2D eigenvalue weighted by molar-refractivity contribution is 0.625. The van der Waals surface area contributed by atoms with Crippen LogP contribution in [-0.4, -0.2) is 19.7 Å². The topological polar surface area (TPSA) is 55.6 Å². The lowest BCUT2D eigenvalue weighted by Crippen LogP contribution is -2.08. The van der Waals surface area contributed by atoms with E-state index in [0.29, 0.717) is 6.54 Å². The molecule has 0 saturated heterocycles. The van der Waals surface area contributed by atoms with Gasteiger partial charge in [0.25, 0.3) is 0 Å². The van der Waals surface area contributed by atoms with Gasteiger partial charge in [0.15, 0.2) is 5.65 Å². The highest BCUT2D eigenvalue weighted by atomic mass is 19.1. The maximum Gasteiger partial charge on any atom is 0.163 e. The van der Waals surface area contributed by atoms with Crippen LogP contribution in [0, 0.1) is 12.7 Å². The molecule has 2 aromatic heterocycles. The van der Waals surface area contributed by atoms with Crippen LogP contribution in [0.15, 0.2) is 24.4 Å². The van der Waals surface area contributed by atoms with Gasteiger partial charge in [0, 0.05) is 19.5 Å². The Labute approximate surface area is 134 Å². The van der Waals surface area contributed by atoms with Gasteiger partial charge in [0.2, 0.25) is 0 Å². The number of fused-ring (bicyclic) bond motifs is 1. The third kappa shape index (κ3) is 3.02. The molecule has 1 N–H and O–H groups in total. The second kappa shape index (κ2) is 5.95. The van der Waals surface area contributed by atoms with Crippen molar-refractivity contribution in [3.8, 4) is 0 Å². The predicted molar refractivity (Wildman–Crippen MR) is 88.9 cm³/mol. The van der Waals surface area contributed by atoms with E-state index in [2.05, 4.69) is 34.2 Å². The van der Waals surface area contributed by atoms with Gasteiger partial charge in [-0.1, -0.05) is 19.9 Å². The van der Waals surface area contributed by atoms with Crippen LogP contribution in [0.2, 0.25) is 0 Å². The summed E-state index contributed by atoms with van der Waals surface area (Å²) in [6.07, 6.45) is 1.75. The molecule has 2 heterocycles. The number of aromatic nitrogens is 4. The molecule has 0 atom stereocenters. The molecule has 0 bridgehead atoms. The summed E-state index contributed by atoms with van der Waals surface area (Å²) in [6, 6.07) is 4.80. The van der Waals surface area contributed by atoms with Gasteiger partial charge in [0.1, 0.15) is 17.5 Å². The Balaban J connectivity index is 1.97. The number of anilines is 1. The monoisotopic (exact) mass is 313 g/mol. The van der Waals surface area contributed by atoms with Gasteiger partial charge < -0.3 is 5.32 Å². The summed E-state index contributed by atoms with van der Waals surface area (Å²) < 4.78 is 15.2. The summed E-state index contributed by atoms with van der Waals surface area (Å²) in [5.74, 6) is 1.48. The minimum absolute atomic E-state index is 0.214. The molecule has 1 aromatic carbocycles. The second-order valence-corrected chi connectivity index (χ2v) is 6.01. The van der Waals surface area contributed by atoms with E-state index in [-0.39, 0.29) is 11.7 Å². The van der Waals surface area contributed by atoms with Crippen LogP contribution in [0.5, 0.6) is 0 Å². The van der Waals surface area contributed by atoms with Crippen LogP contribution in [0.3, 0.4) is 0 Å². The van der Waals surface area contributed by atoms with Crippen molar-refractivity contribution in [3.63, 3.8) is 0 Å². The average molecular weight is 313 g/mol. The third-order valence-corrected chi connectivity index (χ3v) is 3.88. The minimum Gasteiger partial charge on any atom is -0.365 e. The van der Waals surface area contributed by atoms with Crippen LogP contribution in [-0.2, 0) is 13.6 Å². The van der Waals surface area contributed by atoms with Gasteiger partial charge >= 0.3 is 0 Å². The number of hydrogen-bond donors (Lipinski definition) is 1. The highest BCUT2D eigenvalue weighted by molar-refractivity contribution is 5.86. The SMILES string of the molecule is Cc1ccc(F)cc1CNc1nc(C(C)C)nc2c1cnn2C. The van der Waals surface area contributed by atoms with E-state index >= 15 is 0 Å². The van der Waals surface area contributed by atoms with Crippen LogP contribution in [0.25, 0.3) is 11.0 Å². The van der Waals surface area contributed by atoms with E-state index in [1.165, 1.54) is 6.07 Å². The van der Waals surface area contributed by atoms with Crippen molar-refractivity contribution in [2.75, 3.05) is 5.32 Å². The van der Waals surface area contributed by atoms with Crippen molar-refractivity contribution >= 4 is 16.9 Å². The lowest BCUT2D eigenvalue weighted by atomic mass is 10.1. The first-order valence-electron chi connectivity index (χ1n) is 7.64. The molecular formula is C17H20FN5. The van der Waals surface area contributed by atoms with Crippen LogP contribution >= 0.6 is 0 Å². The Morgan fingerprint density at radius 3 is 2.78 bits per heavy atom. The molecule has 0 unspecified atom stereocenters. The van der Waals surface area contributed by atoms with Crippen molar-refractivity contribution in [3.05, 3.63) is 47.2 Å². The summed E-state index contributed by atoms with van der Waals surface area (Å²) in [5.41, 5.74) is 2.74. The first-order chi connectivity index (χ1) is 11.0. The number of halogens is 1. The van der Waals surface area contributed by atoms with Gasteiger partial charge in [-0.05, 0) is 30.2 Å². The fraction of sp³-hybridized carbons (Fsp3) is 0.353. The molecule has 3 aromatic rings. The normalized spacial score (nSPS) is 11.4. The van der Waals surface area contributed by atoms with Crippen molar-refractivity contribution in [1.82, 2.24) is 19.7 Å². The molecule has 3 rings (SSSR count). The number of nitrogens with zero attached hydrogens (tertiary/aromatic N) is 4. The Kier molecular flexibility index (Phi) is 3.98. The third-order valence-electron chi connectivity index (χ3n) is 3.88. The molecular weight excluding hydrogens is 293 g/mol. The zero-order valence-corrected chi connectivity index (χ0v) is 13.8. The van der Waals surface area contributed by atoms with Gasteiger partial charge in [-0.15, -0.1) is 0 Å². The molecule has 23 heavy (non-hydrogen) atoms. The number of aryl methyl sites for hydroxylation is 2. The molecule has 0 spiro atoms. The molecule has 0 amide bonds. The van der Waals surface area contributed by atoms with E-state index in [1.807, 2.05) is 14.0 Å². The van der Waals surface area contributed by atoms with Gasteiger partial charge in [0.05, 0.1) is 11.6 Å². The molecule has 0 aliphatic carbocycles. The maximum atomic E-state index is 13.4. The van der Waals surface area contributed by atoms with Gasteiger partial charge in [-0.2, -0.15) is 5.10 Å². The number of hydrogen-bond acceptors (Lipinski definition) is 4. The van der Waals surface area contributed by atoms with E-state index in [1.54, 1.807) is 23.0 Å². The standard InChI is InChI=1S/C17H20FN5/c1-10(2)15-21-16(14-9-20-23(4)17(14)22-15)19-8-12-7-13(18)6-5-11(12)3/h5-7,9-10H,8H2,1-4H3,(H,19,21,22). The van der Waals surface area contributed by atoms with Crippen LogP contribution < -0.4 is 5.32 Å². The van der Waals surface area contributed by atoms with Crippen molar-refractivity contribution < 1.29 is 4.39 Å². The molecule has 0 fully saturated rings. The zero-order chi connectivity index (χ0) is 16.6. The molecule has 0 radical (unpaired) electrons. The second-order valence-electron chi connectivity index (χ2n) is 6.01. The first-order valence-corrected chi connectivity index (χ1v) is 7.64. The molecule has 0 aliphatic heterocycles. The van der Waals surface area contributed by atoms with Gasteiger partial charge in [-0.3, -0.25) is 4.68 Å². The highest BCUT2D eigenvalue weighted by Crippen LogP contribution is 2.23. The fourth-order valence-electron chi connectivity index (χ4n) is 2.44. The van der Waals surface area contributed by atoms with Crippen molar-refractivity contribution in [1.29, 1.82) is 0 Å². The van der Waals surface area contributed by atoms with E-state index < -0.39 is 0 Å². The largest absolute Gasteiger partial charge is 0.365 e. The van der Waals surface area contributed by atoms with Crippen molar-refractivity contribution in [2.24, 2.45) is 7.05 Å². The van der Waals surface area contributed by atoms with Gasteiger partial charge in [-0.25, -0.2) is 14.4 Å². The van der Waals surface area contributed by atoms with E-state index in [9.17, 15) is 4.39 Å². The number of benzene rings is 1. The summed E-state index contributed by atoms with van der Waals surface area (Å²) in [5, 5.41) is 8.43. The first kappa shape index (κ1) is 15.4. The molecule has 6 heteroatoms. The molecule has 120 valence electrons. The van der Waals surface area contributed by atoms with E-state index in [0.717, 1.165) is 33.8 Å². The van der Waals surface area contributed by atoms with Crippen molar-refractivity contribution in [2.45, 2.75) is 33.2 Å². The summed E-state index contributed by atoms with van der Waals surface area (Å²) in [4.78, 5) is 9.18. The predicted octanol–water partition coefficient (Wildman–Crippen LogP) is 3.55. The molecule has 0 saturated carbocycles. The number of nitrogens with one attached hydrogen (secondary N) is 1. The van der Waals surface area contributed by atoms with Crippen LogP contribution in [0.4, 0.5) is 10.2 Å². The number of rotatable bonds is 4. The Bertz CT molecular complexity index is 854. The average Bonchev–Trinajstić information content (AvgIpc) is 2.89.